The van der Waals surface area contributed by atoms with E-state index in [9.17, 15) is 4.79 Å². The lowest BCUT2D eigenvalue weighted by molar-refractivity contribution is 0.0400. The standard InChI is InChI=1S/C19H22N2O/c1-4-14(2)21-18(22)16-12-8-9-13-17(16)20-19(21,3)15-10-6-5-7-11-15/h5-14,20H,4H2,1-3H3. The van der Waals surface area contributed by atoms with Gasteiger partial charge in [-0.2, -0.15) is 0 Å². The van der Waals surface area contributed by atoms with E-state index in [0.717, 1.165) is 23.2 Å². The number of fused-ring (bicyclic) bond motifs is 1. The summed E-state index contributed by atoms with van der Waals surface area (Å²) in [5.41, 5.74) is 2.20. The average molecular weight is 294 g/mol. The molecule has 3 rings (SSSR count). The van der Waals surface area contributed by atoms with Gasteiger partial charge in [0.25, 0.3) is 5.91 Å². The summed E-state index contributed by atoms with van der Waals surface area (Å²) in [5, 5.41) is 3.59. The Labute approximate surface area is 132 Å². The van der Waals surface area contributed by atoms with Gasteiger partial charge < -0.3 is 10.2 Å². The van der Waals surface area contributed by atoms with Crippen molar-refractivity contribution in [2.24, 2.45) is 0 Å². The molecule has 0 fully saturated rings. The van der Waals surface area contributed by atoms with E-state index in [2.05, 4.69) is 38.2 Å². The van der Waals surface area contributed by atoms with Crippen molar-refractivity contribution in [2.45, 2.75) is 38.9 Å². The summed E-state index contributed by atoms with van der Waals surface area (Å²) in [7, 11) is 0. The van der Waals surface area contributed by atoms with Crippen LogP contribution in [0, 0.1) is 0 Å². The van der Waals surface area contributed by atoms with Crippen molar-refractivity contribution < 1.29 is 4.79 Å². The van der Waals surface area contributed by atoms with Crippen molar-refractivity contribution in [3.8, 4) is 0 Å². The second-order valence-electron chi connectivity index (χ2n) is 6.04. The molecule has 114 valence electrons. The highest BCUT2D eigenvalue weighted by molar-refractivity contribution is 6.02. The minimum Gasteiger partial charge on any atom is -0.358 e. The summed E-state index contributed by atoms with van der Waals surface area (Å²) >= 11 is 0. The van der Waals surface area contributed by atoms with Crippen molar-refractivity contribution in [3.05, 3.63) is 65.7 Å². The average Bonchev–Trinajstić information content (AvgIpc) is 2.55. The number of benzene rings is 2. The molecule has 1 N–H and O–H groups in total. The predicted octanol–water partition coefficient (Wildman–Crippen LogP) is 4.23. The van der Waals surface area contributed by atoms with Crippen LogP contribution in [0.5, 0.6) is 0 Å². The number of anilines is 1. The van der Waals surface area contributed by atoms with Crippen LogP contribution in [0.4, 0.5) is 5.69 Å². The van der Waals surface area contributed by atoms with Gasteiger partial charge in [0.2, 0.25) is 0 Å². The number of amides is 1. The molecule has 2 atom stereocenters. The van der Waals surface area contributed by atoms with Crippen LogP contribution in [0.2, 0.25) is 0 Å². The molecule has 0 aromatic heterocycles. The minimum atomic E-state index is -0.540. The second-order valence-corrected chi connectivity index (χ2v) is 6.04. The van der Waals surface area contributed by atoms with E-state index in [4.69, 9.17) is 0 Å². The van der Waals surface area contributed by atoms with Crippen molar-refractivity contribution in [3.63, 3.8) is 0 Å². The maximum absolute atomic E-state index is 13.1. The predicted molar refractivity (Wildman–Crippen MR) is 89.8 cm³/mol. The fourth-order valence-corrected chi connectivity index (χ4v) is 3.23. The Morgan fingerprint density at radius 3 is 2.41 bits per heavy atom. The minimum absolute atomic E-state index is 0.0926. The second kappa shape index (κ2) is 5.48. The Balaban J connectivity index is 2.17. The highest BCUT2D eigenvalue weighted by atomic mass is 16.2. The number of hydrogen-bond acceptors (Lipinski definition) is 2. The zero-order valence-corrected chi connectivity index (χ0v) is 13.3. The van der Waals surface area contributed by atoms with Gasteiger partial charge in [-0.15, -0.1) is 0 Å². The van der Waals surface area contributed by atoms with Crippen LogP contribution in [-0.2, 0) is 5.66 Å². The first kappa shape index (κ1) is 14.6. The molecule has 2 unspecified atom stereocenters. The van der Waals surface area contributed by atoms with Gasteiger partial charge >= 0.3 is 0 Å². The Morgan fingerprint density at radius 2 is 1.73 bits per heavy atom. The zero-order valence-electron chi connectivity index (χ0n) is 13.3. The van der Waals surface area contributed by atoms with Gasteiger partial charge in [0, 0.05) is 11.7 Å². The van der Waals surface area contributed by atoms with Gasteiger partial charge in [-0.3, -0.25) is 4.79 Å². The summed E-state index contributed by atoms with van der Waals surface area (Å²) in [5.74, 6) is 0.0926. The normalized spacial score (nSPS) is 22.0. The van der Waals surface area contributed by atoms with Crippen molar-refractivity contribution >= 4 is 11.6 Å². The Kier molecular flexibility index (Phi) is 3.65. The first-order valence-corrected chi connectivity index (χ1v) is 7.84. The number of nitrogens with zero attached hydrogens (tertiary/aromatic N) is 1. The maximum Gasteiger partial charge on any atom is 0.258 e. The maximum atomic E-state index is 13.1. The quantitative estimate of drug-likeness (QED) is 0.919. The summed E-state index contributed by atoms with van der Waals surface area (Å²) in [6.07, 6.45) is 0.915. The Hall–Kier alpha value is -2.29. The molecule has 1 aliphatic rings. The molecular formula is C19H22N2O. The molecule has 3 heteroatoms. The van der Waals surface area contributed by atoms with Crippen LogP contribution >= 0.6 is 0 Å². The molecule has 1 amide bonds. The van der Waals surface area contributed by atoms with Gasteiger partial charge in [-0.25, -0.2) is 0 Å². The molecule has 0 radical (unpaired) electrons. The van der Waals surface area contributed by atoms with Gasteiger partial charge in [-0.1, -0.05) is 49.4 Å². The summed E-state index contributed by atoms with van der Waals surface area (Å²) in [6.45, 7) is 6.31. The molecule has 0 saturated carbocycles. The highest BCUT2D eigenvalue weighted by Crippen LogP contribution is 2.39. The van der Waals surface area contributed by atoms with Crippen molar-refractivity contribution in [1.29, 1.82) is 0 Å². The molecule has 3 nitrogen and oxygen atoms in total. The number of carbonyl (C=O) groups excluding carboxylic acids is 1. The number of rotatable bonds is 3. The molecule has 1 aliphatic heterocycles. The fourth-order valence-electron chi connectivity index (χ4n) is 3.23. The molecule has 2 aromatic carbocycles. The summed E-state index contributed by atoms with van der Waals surface area (Å²) < 4.78 is 0. The third-order valence-corrected chi connectivity index (χ3v) is 4.60. The number of carbonyl (C=O) groups is 1. The van der Waals surface area contributed by atoms with Crippen molar-refractivity contribution in [2.75, 3.05) is 5.32 Å². The van der Waals surface area contributed by atoms with E-state index in [1.807, 2.05) is 47.4 Å². The van der Waals surface area contributed by atoms with Gasteiger partial charge in [0.15, 0.2) is 0 Å². The van der Waals surface area contributed by atoms with E-state index < -0.39 is 5.66 Å². The van der Waals surface area contributed by atoms with Crippen LogP contribution in [0.1, 0.15) is 43.1 Å². The molecular weight excluding hydrogens is 272 g/mol. The molecule has 1 heterocycles. The van der Waals surface area contributed by atoms with Crippen LogP contribution in [0.25, 0.3) is 0 Å². The Morgan fingerprint density at radius 1 is 1.09 bits per heavy atom. The smallest absolute Gasteiger partial charge is 0.258 e. The number of hydrogen-bond donors (Lipinski definition) is 1. The fraction of sp³-hybridized carbons (Fsp3) is 0.316. The lowest BCUT2D eigenvalue weighted by atomic mass is 9.91. The molecule has 0 aliphatic carbocycles. The molecule has 0 saturated heterocycles. The number of nitrogens with one attached hydrogen (secondary N) is 1. The largest absolute Gasteiger partial charge is 0.358 e. The third-order valence-electron chi connectivity index (χ3n) is 4.60. The van der Waals surface area contributed by atoms with E-state index >= 15 is 0 Å². The summed E-state index contributed by atoms with van der Waals surface area (Å²) in [6, 6.07) is 18.1. The lowest BCUT2D eigenvalue weighted by Gasteiger charge is -2.49. The van der Waals surface area contributed by atoms with E-state index in [1.54, 1.807) is 0 Å². The monoisotopic (exact) mass is 294 g/mol. The molecule has 2 aromatic rings. The molecule has 0 bridgehead atoms. The van der Waals surface area contributed by atoms with E-state index in [0.29, 0.717) is 0 Å². The van der Waals surface area contributed by atoms with Gasteiger partial charge in [0.05, 0.1) is 5.56 Å². The van der Waals surface area contributed by atoms with E-state index in [-0.39, 0.29) is 11.9 Å². The van der Waals surface area contributed by atoms with Crippen molar-refractivity contribution in [1.82, 2.24) is 4.90 Å². The van der Waals surface area contributed by atoms with Gasteiger partial charge in [0.1, 0.15) is 5.66 Å². The van der Waals surface area contributed by atoms with E-state index in [1.165, 1.54) is 0 Å². The van der Waals surface area contributed by atoms with Crippen LogP contribution < -0.4 is 5.32 Å². The summed E-state index contributed by atoms with van der Waals surface area (Å²) in [4.78, 5) is 15.1. The topological polar surface area (TPSA) is 32.3 Å². The molecule has 22 heavy (non-hydrogen) atoms. The third kappa shape index (κ3) is 2.17. The van der Waals surface area contributed by atoms with Crippen LogP contribution in [0.3, 0.4) is 0 Å². The Bertz CT molecular complexity index is 683. The first-order valence-electron chi connectivity index (χ1n) is 7.84. The van der Waals surface area contributed by atoms with Crippen LogP contribution in [-0.4, -0.2) is 16.8 Å². The SMILES string of the molecule is CCC(C)N1C(=O)c2ccccc2NC1(C)c1ccccc1. The van der Waals surface area contributed by atoms with Gasteiger partial charge in [-0.05, 0) is 38.0 Å². The number of para-hydroxylation sites is 1. The molecule has 0 spiro atoms. The lowest BCUT2D eigenvalue weighted by Crippen LogP contribution is -2.58. The van der Waals surface area contributed by atoms with Crippen LogP contribution in [0.15, 0.2) is 54.6 Å². The highest BCUT2D eigenvalue weighted by Gasteiger charge is 2.44. The zero-order chi connectivity index (χ0) is 15.7. The first-order chi connectivity index (χ1) is 10.6.